The number of aryl methyl sites for hydroxylation is 1. The summed E-state index contributed by atoms with van der Waals surface area (Å²) in [4.78, 5) is 0. The summed E-state index contributed by atoms with van der Waals surface area (Å²) in [6.45, 7) is 4.25. The van der Waals surface area contributed by atoms with Crippen LogP contribution in [0.4, 0.5) is 0 Å². The van der Waals surface area contributed by atoms with E-state index < -0.39 is 0 Å². The molecule has 0 spiro atoms. The fraction of sp³-hybridized carbons (Fsp3) is 0.600. The molecule has 0 fully saturated rings. The Labute approximate surface area is 74.0 Å². The van der Waals surface area contributed by atoms with Crippen LogP contribution in [-0.4, -0.2) is 7.05 Å². The molecule has 1 aromatic rings. The molecule has 0 aliphatic carbocycles. The summed E-state index contributed by atoms with van der Waals surface area (Å²) in [5.41, 5.74) is 0. The molecule has 0 aromatic carbocycles. The zero-order valence-corrected chi connectivity index (χ0v) is 8.05. The Morgan fingerprint density at radius 2 is 2.17 bits per heavy atom. The molecule has 1 aromatic heterocycles. The van der Waals surface area contributed by atoms with Crippen LogP contribution in [0.5, 0.6) is 0 Å². The first-order chi connectivity index (χ1) is 5.81. The molecule has 12 heavy (non-hydrogen) atoms. The van der Waals surface area contributed by atoms with Crippen LogP contribution in [0, 0.1) is 0 Å². The molecule has 2 nitrogen and oxygen atoms in total. The average Bonchev–Trinajstić information content (AvgIpc) is 2.55. The summed E-state index contributed by atoms with van der Waals surface area (Å²) in [5, 5.41) is 3.21. The van der Waals surface area contributed by atoms with E-state index in [1.165, 1.54) is 0 Å². The van der Waals surface area contributed by atoms with E-state index in [2.05, 4.69) is 31.3 Å². The molecule has 0 aliphatic rings. The van der Waals surface area contributed by atoms with Gasteiger partial charge in [-0.25, -0.2) is 0 Å². The standard InChI is InChI=1S/C10H17NO/c1-4-8-6-7-10(12-8)9(5-2)11-3/h6-7,9,11H,4-5H2,1-3H3. The highest BCUT2D eigenvalue weighted by atomic mass is 16.3. The predicted octanol–water partition coefficient (Wildman–Crippen LogP) is 2.51. The van der Waals surface area contributed by atoms with E-state index in [-0.39, 0.29) is 0 Å². The lowest BCUT2D eigenvalue weighted by Gasteiger charge is -2.09. The second kappa shape index (κ2) is 4.31. The second-order valence-electron chi connectivity index (χ2n) is 2.91. The Morgan fingerprint density at radius 3 is 2.58 bits per heavy atom. The molecule has 0 saturated heterocycles. The first-order valence-corrected chi connectivity index (χ1v) is 4.57. The van der Waals surface area contributed by atoms with Crippen molar-refractivity contribution in [2.24, 2.45) is 0 Å². The van der Waals surface area contributed by atoms with Gasteiger partial charge in [-0.1, -0.05) is 13.8 Å². The second-order valence-corrected chi connectivity index (χ2v) is 2.91. The lowest BCUT2D eigenvalue weighted by atomic mass is 10.2. The van der Waals surface area contributed by atoms with E-state index in [0.29, 0.717) is 6.04 Å². The molecule has 0 bridgehead atoms. The summed E-state index contributed by atoms with van der Waals surface area (Å²) < 4.78 is 5.61. The molecular weight excluding hydrogens is 150 g/mol. The number of hydrogen-bond acceptors (Lipinski definition) is 2. The van der Waals surface area contributed by atoms with Crippen molar-refractivity contribution >= 4 is 0 Å². The van der Waals surface area contributed by atoms with Crippen molar-refractivity contribution in [3.8, 4) is 0 Å². The zero-order chi connectivity index (χ0) is 8.97. The quantitative estimate of drug-likeness (QED) is 0.745. The maximum Gasteiger partial charge on any atom is 0.121 e. The van der Waals surface area contributed by atoms with Crippen LogP contribution in [0.2, 0.25) is 0 Å². The maximum atomic E-state index is 5.61. The topological polar surface area (TPSA) is 25.2 Å². The van der Waals surface area contributed by atoms with Gasteiger partial charge in [0, 0.05) is 6.42 Å². The van der Waals surface area contributed by atoms with Crippen molar-refractivity contribution < 1.29 is 4.42 Å². The van der Waals surface area contributed by atoms with E-state index in [1.807, 2.05) is 7.05 Å². The highest BCUT2D eigenvalue weighted by Crippen LogP contribution is 2.18. The SMILES string of the molecule is CCc1ccc(C(CC)NC)o1. The highest BCUT2D eigenvalue weighted by Gasteiger charge is 2.09. The fourth-order valence-corrected chi connectivity index (χ4v) is 1.32. The van der Waals surface area contributed by atoms with Crippen molar-refractivity contribution in [1.29, 1.82) is 0 Å². The smallest absolute Gasteiger partial charge is 0.121 e. The van der Waals surface area contributed by atoms with Gasteiger partial charge in [-0.05, 0) is 25.6 Å². The summed E-state index contributed by atoms with van der Waals surface area (Å²) in [5.74, 6) is 2.12. The van der Waals surface area contributed by atoms with Crippen LogP contribution >= 0.6 is 0 Å². The van der Waals surface area contributed by atoms with E-state index in [4.69, 9.17) is 4.42 Å². The third kappa shape index (κ3) is 1.89. The van der Waals surface area contributed by atoms with Crippen molar-refractivity contribution in [3.63, 3.8) is 0 Å². The van der Waals surface area contributed by atoms with Crippen molar-refractivity contribution in [2.45, 2.75) is 32.7 Å². The lowest BCUT2D eigenvalue weighted by Crippen LogP contribution is -2.14. The number of furan rings is 1. The van der Waals surface area contributed by atoms with E-state index >= 15 is 0 Å². The van der Waals surface area contributed by atoms with Crippen molar-refractivity contribution in [2.75, 3.05) is 7.05 Å². The normalized spacial score (nSPS) is 13.2. The zero-order valence-electron chi connectivity index (χ0n) is 8.05. The van der Waals surface area contributed by atoms with Gasteiger partial charge in [0.15, 0.2) is 0 Å². The fourth-order valence-electron chi connectivity index (χ4n) is 1.32. The maximum absolute atomic E-state index is 5.61. The van der Waals surface area contributed by atoms with Crippen molar-refractivity contribution in [1.82, 2.24) is 5.32 Å². The molecule has 1 heterocycles. The van der Waals surface area contributed by atoms with E-state index in [1.54, 1.807) is 0 Å². The molecule has 1 rings (SSSR count). The molecule has 0 radical (unpaired) electrons. The molecular formula is C10H17NO. The Hall–Kier alpha value is -0.760. The summed E-state index contributed by atoms with van der Waals surface area (Å²) in [7, 11) is 1.96. The van der Waals surface area contributed by atoms with Crippen LogP contribution < -0.4 is 5.32 Å². The minimum Gasteiger partial charge on any atom is -0.464 e. The number of nitrogens with one attached hydrogen (secondary N) is 1. The third-order valence-corrected chi connectivity index (χ3v) is 2.13. The first kappa shape index (κ1) is 9.33. The van der Waals surface area contributed by atoms with Crippen LogP contribution in [0.1, 0.15) is 37.8 Å². The Morgan fingerprint density at radius 1 is 1.42 bits per heavy atom. The highest BCUT2D eigenvalue weighted by molar-refractivity contribution is 5.10. The molecule has 1 N–H and O–H groups in total. The van der Waals surface area contributed by atoms with Crippen LogP contribution in [-0.2, 0) is 6.42 Å². The molecule has 1 unspecified atom stereocenters. The minimum atomic E-state index is 0.366. The van der Waals surface area contributed by atoms with Crippen LogP contribution in [0.25, 0.3) is 0 Å². The third-order valence-electron chi connectivity index (χ3n) is 2.13. The van der Waals surface area contributed by atoms with Gasteiger partial charge in [0.25, 0.3) is 0 Å². The van der Waals surface area contributed by atoms with E-state index in [9.17, 15) is 0 Å². The lowest BCUT2D eigenvalue weighted by molar-refractivity contribution is 0.402. The Balaban J connectivity index is 2.72. The van der Waals surface area contributed by atoms with Gasteiger partial charge in [0.1, 0.15) is 11.5 Å². The van der Waals surface area contributed by atoms with Gasteiger partial charge in [-0.3, -0.25) is 0 Å². The minimum absolute atomic E-state index is 0.366. The molecule has 0 saturated carbocycles. The molecule has 0 amide bonds. The largest absolute Gasteiger partial charge is 0.464 e. The average molecular weight is 167 g/mol. The summed E-state index contributed by atoms with van der Waals surface area (Å²) >= 11 is 0. The number of hydrogen-bond donors (Lipinski definition) is 1. The molecule has 0 aliphatic heterocycles. The van der Waals surface area contributed by atoms with Gasteiger partial charge in [0.05, 0.1) is 6.04 Å². The Bertz CT molecular complexity index is 225. The van der Waals surface area contributed by atoms with Crippen molar-refractivity contribution in [3.05, 3.63) is 23.7 Å². The summed E-state index contributed by atoms with van der Waals surface area (Å²) in [6, 6.07) is 4.48. The van der Waals surface area contributed by atoms with Crippen LogP contribution in [0.15, 0.2) is 16.5 Å². The van der Waals surface area contributed by atoms with Gasteiger partial charge < -0.3 is 9.73 Å². The molecule has 2 heteroatoms. The predicted molar refractivity (Wildman–Crippen MR) is 50.2 cm³/mol. The van der Waals surface area contributed by atoms with Gasteiger partial charge in [-0.2, -0.15) is 0 Å². The van der Waals surface area contributed by atoms with Gasteiger partial charge in [-0.15, -0.1) is 0 Å². The summed E-state index contributed by atoms with van der Waals surface area (Å²) in [6.07, 6.45) is 2.04. The van der Waals surface area contributed by atoms with Crippen LogP contribution in [0.3, 0.4) is 0 Å². The number of rotatable bonds is 4. The monoisotopic (exact) mass is 167 g/mol. The first-order valence-electron chi connectivity index (χ1n) is 4.57. The molecule has 1 atom stereocenters. The molecule has 68 valence electrons. The van der Waals surface area contributed by atoms with E-state index in [0.717, 1.165) is 24.4 Å². The van der Waals surface area contributed by atoms with Gasteiger partial charge in [0.2, 0.25) is 0 Å². The Kier molecular flexibility index (Phi) is 3.35. The van der Waals surface area contributed by atoms with Gasteiger partial charge >= 0.3 is 0 Å².